The molecule has 122 valence electrons. The maximum atomic E-state index is 11.0. The normalized spacial score (nSPS) is 31.5. The van der Waals surface area contributed by atoms with E-state index in [1.54, 1.807) is 7.05 Å². The summed E-state index contributed by atoms with van der Waals surface area (Å²) >= 11 is 1.90. The molecule has 1 amide bonds. The minimum atomic E-state index is -0.421. The second kappa shape index (κ2) is 6.47. The first-order chi connectivity index (χ1) is 10.7. The number of nitrogens with zero attached hydrogens (tertiary/aromatic N) is 3. The fraction of sp³-hybridized carbons (Fsp3) is 0.714. The molecule has 1 unspecified atom stereocenters. The van der Waals surface area contributed by atoms with E-state index in [0.717, 1.165) is 50.7 Å². The van der Waals surface area contributed by atoms with Crippen LogP contribution in [0.2, 0.25) is 0 Å². The van der Waals surface area contributed by atoms with Crippen molar-refractivity contribution in [3.8, 4) is 0 Å². The van der Waals surface area contributed by atoms with Gasteiger partial charge in [-0.1, -0.05) is 0 Å². The number of hydrogen-bond acceptors (Lipinski definition) is 5. The van der Waals surface area contributed by atoms with E-state index >= 15 is 0 Å². The van der Waals surface area contributed by atoms with Crippen molar-refractivity contribution in [2.45, 2.75) is 18.6 Å². The molecule has 3 aliphatic heterocycles. The number of hydrogen-bond donors (Lipinski definition) is 3. The molecule has 3 heterocycles. The van der Waals surface area contributed by atoms with E-state index in [1.165, 1.54) is 17.0 Å². The molecule has 1 saturated heterocycles. The molecule has 3 N–H and O–H groups in total. The predicted octanol–water partition coefficient (Wildman–Crippen LogP) is -0.449. The summed E-state index contributed by atoms with van der Waals surface area (Å²) in [7, 11) is 3.78. The van der Waals surface area contributed by atoms with Crippen LogP contribution in [-0.2, 0) is 4.79 Å². The van der Waals surface area contributed by atoms with Crippen molar-refractivity contribution in [2.75, 3.05) is 46.0 Å². The van der Waals surface area contributed by atoms with Crippen LogP contribution < -0.4 is 16.0 Å². The fourth-order valence-electron chi connectivity index (χ4n) is 3.30. The van der Waals surface area contributed by atoms with Crippen LogP contribution in [0, 0.1) is 0 Å². The summed E-state index contributed by atoms with van der Waals surface area (Å²) in [6.07, 6.45) is 3.19. The van der Waals surface area contributed by atoms with Gasteiger partial charge in [-0.3, -0.25) is 20.0 Å². The number of thioether (sulfide) groups is 1. The molecule has 22 heavy (non-hydrogen) atoms. The van der Waals surface area contributed by atoms with Gasteiger partial charge in [0.25, 0.3) is 0 Å². The minimum absolute atomic E-state index is 0.421. The number of carbonyl (C=O) groups excluding carboxylic acids is 1. The molecule has 1 atom stereocenters. The number of rotatable bonds is 3. The van der Waals surface area contributed by atoms with Crippen molar-refractivity contribution < 1.29 is 4.79 Å². The van der Waals surface area contributed by atoms with Gasteiger partial charge in [-0.2, -0.15) is 0 Å². The Bertz CT molecular complexity index is 500. The number of guanidine groups is 1. The molecule has 0 aromatic heterocycles. The third-order valence-electron chi connectivity index (χ3n) is 4.51. The molecule has 3 aliphatic rings. The van der Waals surface area contributed by atoms with Crippen LogP contribution >= 0.6 is 11.8 Å². The van der Waals surface area contributed by atoms with Crippen molar-refractivity contribution in [3.63, 3.8) is 0 Å². The van der Waals surface area contributed by atoms with Gasteiger partial charge in [0.2, 0.25) is 6.41 Å². The fourth-order valence-corrected chi connectivity index (χ4v) is 4.61. The molecule has 1 fully saturated rings. The second-order valence-electron chi connectivity index (χ2n) is 5.67. The summed E-state index contributed by atoms with van der Waals surface area (Å²) in [5.74, 6) is 1.52. The average Bonchev–Trinajstić information content (AvgIpc) is 2.60. The zero-order valence-corrected chi connectivity index (χ0v) is 14.0. The van der Waals surface area contributed by atoms with Gasteiger partial charge in [-0.25, -0.2) is 0 Å². The highest BCUT2D eigenvalue weighted by atomic mass is 32.2. The highest BCUT2D eigenvalue weighted by Gasteiger charge is 2.46. The molecule has 0 aromatic carbocycles. The first-order valence-electron chi connectivity index (χ1n) is 7.75. The molecule has 0 bridgehead atoms. The Balaban J connectivity index is 1.93. The molecule has 7 nitrogen and oxygen atoms in total. The van der Waals surface area contributed by atoms with E-state index < -0.39 is 5.79 Å². The zero-order chi connectivity index (χ0) is 15.6. The Morgan fingerprint density at radius 1 is 1.36 bits per heavy atom. The van der Waals surface area contributed by atoms with Crippen LogP contribution in [0.15, 0.2) is 15.6 Å². The summed E-state index contributed by atoms with van der Waals surface area (Å²) in [6, 6.07) is 0. The molecule has 8 heteroatoms. The third-order valence-corrected chi connectivity index (χ3v) is 5.84. The summed E-state index contributed by atoms with van der Waals surface area (Å²) in [5.41, 5.74) is 1.27. The van der Waals surface area contributed by atoms with Crippen LogP contribution in [0.25, 0.3) is 0 Å². The van der Waals surface area contributed by atoms with E-state index in [4.69, 9.17) is 0 Å². The summed E-state index contributed by atoms with van der Waals surface area (Å²) in [5, 5.41) is 10.4. The van der Waals surface area contributed by atoms with Crippen molar-refractivity contribution in [3.05, 3.63) is 10.6 Å². The minimum Gasteiger partial charge on any atom is -0.343 e. The monoisotopic (exact) mass is 324 g/mol. The van der Waals surface area contributed by atoms with E-state index in [9.17, 15) is 4.79 Å². The van der Waals surface area contributed by atoms with Crippen molar-refractivity contribution in [1.82, 2.24) is 25.8 Å². The standard InChI is InChI=1S/C14H24N6OS/c1-15-13-17-11-4-3-9-22-12(11)14(16-2,18-13)20-7-5-19(10-21)6-8-20/h10,16H,3-9H2,1-2H3,(H2,15,17,18). The van der Waals surface area contributed by atoms with Crippen LogP contribution in [0.3, 0.4) is 0 Å². The predicted molar refractivity (Wildman–Crippen MR) is 89.3 cm³/mol. The van der Waals surface area contributed by atoms with E-state index in [2.05, 4.69) is 25.8 Å². The second-order valence-corrected chi connectivity index (χ2v) is 6.78. The molecule has 0 aliphatic carbocycles. The number of amides is 1. The number of allylic oxidation sites excluding steroid dienone is 1. The number of likely N-dealkylation sites (N-methyl/N-ethyl adjacent to an activating group) is 1. The van der Waals surface area contributed by atoms with E-state index in [1.807, 2.05) is 23.7 Å². The Morgan fingerprint density at radius 2 is 2.14 bits per heavy atom. The molecule has 3 rings (SSSR count). The summed E-state index contributed by atoms with van der Waals surface area (Å²) < 4.78 is 0. The first kappa shape index (κ1) is 15.6. The lowest BCUT2D eigenvalue weighted by atomic mass is 10.1. The highest BCUT2D eigenvalue weighted by Crippen LogP contribution is 2.39. The SMILES string of the molecule is CN=C1NC2=C(SCCC2)C(NC)(N2CCN(C=O)CC2)N1. The van der Waals surface area contributed by atoms with Crippen molar-refractivity contribution in [1.29, 1.82) is 0 Å². The Labute approximate surface area is 135 Å². The van der Waals surface area contributed by atoms with Gasteiger partial charge in [0.15, 0.2) is 11.7 Å². The van der Waals surface area contributed by atoms with Crippen LogP contribution in [0.1, 0.15) is 12.8 Å². The van der Waals surface area contributed by atoms with Gasteiger partial charge >= 0.3 is 0 Å². The first-order valence-corrected chi connectivity index (χ1v) is 8.74. The Hall–Kier alpha value is -1.25. The highest BCUT2D eigenvalue weighted by molar-refractivity contribution is 8.03. The lowest BCUT2D eigenvalue weighted by Gasteiger charge is -2.51. The maximum absolute atomic E-state index is 11.0. The number of carbonyl (C=O) groups is 1. The largest absolute Gasteiger partial charge is 0.343 e. The van der Waals surface area contributed by atoms with Gasteiger partial charge in [0.05, 0.1) is 4.91 Å². The van der Waals surface area contributed by atoms with Gasteiger partial charge in [0, 0.05) is 38.9 Å². The molecule has 0 saturated carbocycles. The van der Waals surface area contributed by atoms with E-state index in [0.29, 0.717) is 0 Å². The average molecular weight is 324 g/mol. The smallest absolute Gasteiger partial charge is 0.209 e. The quantitative estimate of drug-likeness (QED) is 0.611. The van der Waals surface area contributed by atoms with Gasteiger partial charge in [-0.15, -0.1) is 11.8 Å². The molecular weight excluding hydrogens is 300 g/mol. The number of aliphatic imine (C=N–C) groups is 1. The van der Waals surface area contributed by atoms with E-state index in [-0.39, 0.29) is 0 Å². The van der Waals surface area contributed by atoms with Crippen LogP contribution in [-0.4, -0.2) is 74.0 Å². The lowest BCUT2D eigenvalue weighted by molar-refractivity contribution is -0.120. The van der Waals surface area contributed by atoms with Gasteiger partial charge in [-0.05, 0) is 25.6 Å². The van der Waals surface area contributed by atoms with Gasteiger partial charge < -0.3 is 15.5 Å². The third kappa shape index (κ3) is 2.59. The van der Waals surface area contributed by atoms with Crippen LogP contribution in [0.4, 0.5) is 0 Å². The lowest BCUT2D eigenvalue weighted by Crippen LogP contribution is -2.75. The zero-order valence-electron chi connectivity index (χ0n) is 13.2. The Kier molecular flexibility index (Phi) is 4.60. The Morgan fingerprint density at radius 3 is 2.77 bits per heavy atom. The molecule has 0 aromatic rings. The van der Waals surface area contributed by atoms with Crippen LogP contribution in [0.5, 0.6) is 0 Å². The topological polar surface area (TPSA) is 72.0 Å². The summed E-state index contributed by atoms with van der Waals surface area (Å²) in [6.45, 7) is 3.18. The number of nitrogens with one attached hydrogen (secondary N) is 3. The molecule has 0 radical (unpaired) electrons. The van der Waals surface area contributed by atoms with Crippen molar-refractivity contribution >= 4 is 24.1 Å². The maximum Gasteiger partial charge on any atom is 0.209 e. The summed E-state index contributed by atoms with van der Waals surface area (Å²) in [4.78, 5) is 20.8. The molecular formula is C14H24N6OS. The van der Waals surface area contributed by atoms with Crippen molar-refractivity contribution in [2.24, 2.45) is 4.99 Å². The number of piperazine rings is 1. The molecule has 0 spiro atoms. The van der Waals surface area contributed by atoms with Gasteiger partial charge in [0.1, 0.15) is 0 Å².